The van der Waals surface area contributed by atoms with Crippen LogP contribution < -0.4 is 10.6 Å². The van der Waals surface area contributed by atoms with Crippen LogP contribution >= 0.6 is 0 Å². The zero-order valence-corrected chi connectivity index (χ0v) is 19.0. The number of aliphatic imine (C=N–C) groups is 1. The highest BCUT2D eigenvalue weighted by Gasteiger charge is 2.08. The second-order valence-corrected chi connectivity index (χ2v) is 7.78. The zero-order valence-electron chi connectivity index (χ0n) is 19.0. The molecule has 6 nitrogen and oxygen atoms in total. The van der Waals surface area contributed by atoms with Crippen LogP contribution in [0.15, 0.2) is 53.7 Å². The second-order valence-electron chi connectivity index (χ2n) is 7.78. The lowest BCUT2D eigenvalue weighted by Gasteiger charge is -2.12. The fourth-order valence-corrected chi connectivity index (χ4v) is 3.62. The van der Waals surface area contributed by atoms with Gasteiger partial charge in [-0.15, -0.1) is 0 Å². The van der Waals surface area contributed by atoms with E-state index in [1.54, 1.807) is 19.0 Å². The number of para-hydroxylation sites is 1. The largest absolute Gasteiger partial charge is 0.361 e. The molecule has 3 aromatic rings. The van der Waals surface area contributed by atoms with E-state index in [-0.39, 0.29) is 5.91 Å². The van der Waals surface area contributed by atoms with Gasteiger partial charge in [-0.1, -0.05) is 37.3 Å². The van der Waals surface area contributed by atoms with Crippen molar-refractivity contribution in [2.24, 2.45) is 4.99 Å². The fourth-order valence-electron chi connectivity index (χ4n) is 3.62. The molecule has 1 heterocycles. The molecular weight excluding hydrogens is 386 g/mol. The van der Waals surface area contributed by atoms with E-state index in [2.05, 4.69) is 53.9 Å². The Morgan fingerprint density at radius 1 is 1.03 bits per heavy atom. The number of aryl methyl sites for hydroxylation is 1. The Bertz CT molecular complexity index is 1030. The molecule has 0 aliphatic rings. The SMILES string of the molecule is CCNC(=NCc1ccc(C(=O)N(C)C)cc1)NCCc1c[nH]c2c(CC)cccc12. The minimum absolute atomic E-state index is 0.00777. The van der Waals surface area contributed by atoms with Gasteiger partial charge in [0.25, 0.3) is 5.91 Å². The molecule has 0 radical (unpaired) electrons. The smallest absolute Gasteiger partial charge is 0.253 e. The quantitative estimate of drug-likeness (QED) is 0.385. The third-order valence-corrected chi connectivity index (χ3v) is 5.33. The molecule has 0 fully saturated rings. The van der Waals surface area contributed by atoms with Gasteiger partial charge in [-0.05, 0) is 48.6 Å². The van der Waals surface area contributed by atoms with Crippen LogP contribution in [-0.4, -0.2) is 48.9 Å². The Balaban J connectivity index is 1.60. The van der Waals surface area contributed by atoms with Crippen LogP contribution in [0, 0.1) is 0 Å². The maximum Gasteiger partial charge on any atom is 0.253 e. The minimum Gasteiger partial charge on any atom is -0.361 e. The van der Waals surface area contributed by atoms with E-state index in [0.717, 1.165) is 37.5 Å². The number of H-pyrrole nitrogens is 1. The standard InChI is InChI=1S/C25H33N5O/c1-5-19-8-7-9-22-21(17-28-23(19)22)14-15-27-25(26-6-2)29-16-18-10-12-20(13-11-18)24(31)30(3)4/h7-13,17,28H,5-6,14-16H2,1-4H3,(H2,26,27,29). The lowest BCUT2D eigenvalue weighted by molar-refractivity contribution is 0.0827. The van der Waals surface area contributed by atoms with Gasteiger partial charge in [-0.3, -0.25) is 4.79 Å². The molecule has 0 aliphatic heterocycles. The van der Waals surface area contributed by atoms with Crippen LogP contribution in [0.5, 0.6) is 0 Å². The average molecular weight is 420 g/mol. The summed E-state index contributed by atoms with van der Waals surface area (Å²) in [5.41, 5.74) is 5.67. The number of aromatic nitrogens is 1. The van der Waals surface area contributed by atoms with Gasteiger partial charge in [0.1, 0.15) is 0 Å². The van der Waals surface area contributed by atoms with Crippen molar-refractivity contribution in [3.05, 3.63) is 70.9 Å². The Morgan fingerprint density at radius 2 is 1.81 bits per heavy atom. The van der Waals surface area contributed by atoms with E-state index in [4.69, 9.17) is 4.99 Å². The Hall–Kier alpha value is -3.28. The number of carbonyl (C=O) groups excluding carboxylic acids is 1. The van der Waals surface area contributed by atoms with Crippen LogP contribution in [0.1, 0.15) is 40.9 Å². The van der Waals surface area contributed by atoms with Crippen molar-refractivity contribution in [1.29, 1.82) is 0 Å². The maximum absolute atomic E-state index is 12.0. The van der Waals surface area contributed by atoms with E-state index < -0.39 is 0 Å². The lowest BCUT2D eigenvalue weighted by Crippen LogP contribution is -2.38. The van der Waals surface area contributed by atoms with Gasteiger partial charge < -0.3 is 20.5 Å². The number of hydrogen-bond donors (Lipinski definition) is 3. The van der Waals surface area contributed by atoms with Crippen molar-refractivity contribution in [1.82, 2.24) is 20.5 Å². The zero-order chi connectivity index (χ0) is 22.2. The summed E-state index contributed by atoms with van der Waals surface area (Å²) in [6, 6.07) is 14.1. The number of aromatic amines is 1. The first-order valence-corrected chi connectivity index (χ1v) is 10.9. The number of fused-ring (bicyclic) bond motifs is 1. The molecule has 3 rings (SSSR count). The molecule has 0 bridgehead atoms. The number of hydrogen-bond acceptors (Lipinski definition) is 2. The van der Waals surface area contributed by atoms with Crippen molar-refractivity contribution >= 4 is 22.8 Å². The normalized spacial score (nSPS) is 11.5. The van der Waals surface area contributed by atoms with Gasteiger partial charge >= 0.3 is 0 Å². The minimum atomic E-state index is 0.00777. The van der Waals surface area contributed by atoms with E-state index in [1.165, 1.54) is 22.0 Å². The highest BCUT2D eigenvalue weighted by Crippen LogP contribution is 2.22. The van der Waals surface area contributed by atoms with Crippen LogP contribution in [0.25, 0.3) is 10.9 Å². The molecule has 1 aromatic heterocycles. The van der Waals surface area contributed by atoms with Gasteiger partial charge in [0, 0.05) is 49.8 Å². The number of rotatable bonds is 8. The van der Waals surface area contributed by atoms with Crippen molar-refractivity contribution in [2.75, 3.05) is 27.2 Å². The predicted molar refractivity (Wildman–Crippen MR) is 129 cm³/mol. The number of benzene rings is 2. The molecular formula is C25H33N5O. The monoisotopic (exact) mass is 419 g/mol. The van der Waals surface area contributed by atoms with Crippen LogP contribution in [-0.2, 0) is 19.4 Å². The van der Waals surface area contributed by atoms with Crippen LogP contribution in [0.2, 0.25) is 0 Å². The first-order valence-electron chi connectivity index (χ1n) is 10.9. The summed E-state index contributed by atoms with van der Waals surface area (Å²) in [6.07, 6.45) is 4.06. The molecule has 6 heteroatoms. The topological polar surface area (TPSA) is 72.5 Å². The fraction of sp³-hybridized carbons (Fsp3) is 0.360. The van der Waals surface area contributed by atoms with E-state index in [1.807, 2.05) is 24.3 Å². The van der Waals surface area contributed by atoms with Crippen LogP contribution in [0.4, 0.5) is 0 Å². The Kier molecular flexibility index (Phi) is 7.70. The molecule has 164 valence electrons. The molecule has 1 amide bonds. The highest BCUT2D eigenvalue weighted by atomic mass is 16.2. The summed E-state index contributed by atoms with van der Waals surface area (Å²) in [5.74, 6) is 0.804. The molecule has 0 saturated heterocycles. The first-order chi connectivity index (χ1) is 15.0. The Morgan fingerprint density at radius 3 is 2.48 bits per heavy atom. The van der Waals surface area contributed by atoms with Gasteiger partial charge in [0.2, 0.25) is 0 Å². The molecule has 0 unspecified atom stereocenters. The summed E-state index contributed by atoms with van der Waals surface area (Å²) in [6.45, 7) is 6.40. The second kappa shape index (κ2) is 10.7. The van der Waals surface area contributed by atoms with E-state index in [0.29, 0.717) is 12.1 Å². The summed E-state index contributed by atoms with van der Waals surface area (Å²) in [7, 11) is 3.52. The lowest BCUT2D eigenvalue weighted by atomic mass is 10.1. The Labute approximate surface area is 184 Å². The predicted octanol–water partition coefficient (Wildman–Crippen LogP) is 3.73. The molecule has 0 saturated carbocycles. The van der Waals surface area contributed by atoms with Crippen molar-refractivity contribution < 1.29 is 4.79 Å². The molecule has 31 heavy (non-hydrogen) atoms. The molecule has 0 aliphatic carbocycles. The first kappa shape index (κ1) is 22.4. The summed E-state index contributed by atoms with van der Waals surface area (Å²) in [4.78, 5) is 21.7. The van der Waals surface area contributed by atoms with Gasteiger partial charge in [0.05, 0.1) is 6.54 Å². The van der Waals surface area contributed by atoms with Gasteiger partial charge in [0.15, 0.2) is 5.96 Å². The average Bonchev–Trinajstić information content (AvgIpc) is 3.20. The number of nitrogens with zero attached hydrogens (tertiary/aromatic N) is 2. The van der Waals surface area contributed by atoms with E-state index in [9.17, 15) is 4.79 Å². The number of carbonyl (C=O) groups is 1. The molecule has 0 atom stereocenters. The molecule has 0 spiro atoms. The number of guanidine groups is 1. The van der Waals surface area contributed by atoms with Gasteiger partial charge in [-0.25, -0.2) is 4.99 Å². The third kappa shape index (κ3) is 5.66. The maximum atomic E-state index is 12.0. The number of nitrogens with one attached hydrogen (secondary N) is 3. The van der Waals surface area contributed by atoms with Crippen LogP contribution in [0.3, 0.4) is 0 Å². The summed E-state index contributed by atoms with van der Waals surface area (Å²) >= 11 is 0. The van der Waals surface area contributed by atoms with Crippen molar-refractivity contribution in [3.8, 4) is 0 Å². The summed E-state index contributed by atoms with van der Waals surface area (Å²) in [5, 5.41) is 8.04. The third-order valence-electron chi connectivity index (χ3n) is 5.33. The van der Waals surface area contributed by atoms with Crippen molar-refractivity contribution in [2.45, 2.75) is 33.2 Å². The molecule has 3 N–H and O–H groups in total. The summed E-state index contributed by atoms with van der Waals surface area (Å²) < 4.78 is 0. The highest BCUT2D eigenvalue weighted by molar-refractivity contribution is 5.93. The van der Waals surface area contributed by atoms with Gasteiger partial charge in [-0.2, -0.15) is 0 Å². The molecule has 2 aromatic carbocycles. The van der Waals surface area contributed by atoms with E-state index >= 15 is 0 Å². The van der Waals surface area contributed by atoms with Crippen molar-refractivity contribution in [3.63, 3.8) is 0 Å². The number of amides is 1.